The van der Waals surface area contributed by atoms with E-state index in [1.807, 2.05) is 12.3 Å². The van der Waals surface area contributed by atoms with Gasteiger partial charge in [-0.3, -0.25) is 0 Å². The highest BCUT2D eigenvalue weighted by Crippen LogP contribution is 2.17. The second-order valence-electron chi connectivity index (χ2n) is 6.63. The third-order valence-corrected chi connectivity index (χ3v) is 4.49. The first kappa shape index (κ1) is 17.7. The van der Waals surface area contributed by atoms with Gasteiger partial charge in [-0.15, -0.1) is 0 Å². The lowest BCUT2D eigenvalue weighted by Gasteiger charge is -2.32. The third kappa shape index (κ3) is 5.19. The highest BCUT2D eigenvalue weighted by molar-refractivity contribution is 5.80. The molecule has 1 aliphatic heterocycles. The van der Waals surface area contributed by atoms with Gasteiger partial charge in [0.15, 0.2) is 5.96 Å². The van der Waals surface area contributed by atoms with Crippen LogP contribution in [0, 0.1) is 0 Å². The Morgan fingerprint density at radius 1 is 1.40 bits per heavy atom. The molecule has 25 heavy (non-hydrogen) atoms. The minimum Gasteiger partial charge on any atom is -0.375 e. The maximum Gasteiger partial charge on any atom is 0.191 e. The predicted molar refractivity (Wildman–Crippen MR) is 102 cm³/mol. The quantitative estimate of drug-likeness (QED) is 0.487. The molecule has 6 nitrogen and oxygen atoms in total. The van der Waals surface area contributed by atoms with E-state index in [0.717, 1.165) is 50.9 Å². The number of hydrogen-bond donors (Lipinski definition) is 2. The Kier molecular flexibility index (Phi) is 6.28. The average molecular weight is 343 g/mol. The van der Waals surface area contributed by atoms with Crippen LogP contribution in [0.3, 0.4) is 0 Å². The van der Waals surface area contributed by atoms with Gasteiger partial charge in [0.2, 0.25) is 0 Å². The van der Waals surface area contributed by atoms with Crippen LogP contribution in [0.2, 0.25) is 0 Å². The number of nitrogens with one attached hydrogen (secondary N) is 2. The fourth-order valence-electron chi connectivity index (χ4n) is 3.18. The summed E-state index contributed by atoms with van der Waals surface area (Å²) in [7, 11) is 0. The second-order valence-corrected chi connectivity index (χ2v) is 6.63. The Morgan fingerprint density at radius 2 is 2.24 bits per heavy atom. The Labute approximate surface area is 150 Å². The van der Waals surface area contributed by atoms with Crippen LogP contribution >= 0.6 is 0 Å². The lowest BCUT2D eigenvalue weighted by Crippen LogP contribution is -2.42. The van der Waals surface area contributed by atoms with E-state index in [-0.39, 0.29) is 6.10 Å². The highest BCUT2D eigenvalue weighted by Gasteiger charge is 2.18. The van der Waals surface area contributed by atoms with E-state index >= 15 is 0 Å². The van der Waals surface area contributed by atoms with Crippen LogP contribution in [0.25, 0.3) is 0 Å². The molecule has 1 aliphatic carbocycles. The molecule has 1 fully saturated rings. The largest absolute Gasteiger partial charge is 0.375 e. The van der Waals surface area contributed by atoms with Crippen molar-refractivity contribution in [3.8, 4) is 0 Å². The topological polar surface area (TPSA) is 61.8 Å². The van der Waals surface area contributed by atoms with E-state index < -0.39 is 0 Å². The molecule has 2 N–H and O–H groups in total. The first-order chi connectivity index (χ1) is 12.2. The lowest BCUT2D eigenvalue weighted by atomic mass is 10.2. The van der Waals surface area contributed by atoms with Crippen LogP contribution in [-0.2, 0) is 11.3 Å². The van der Waals surface area contributed by atoms with Crippen molar-refractivity contribution in [2.45, 2.75) is 45.4 Å². The first-order valence-corrected chi connectivity index (χ1v) is 9.26. The van der Waals surface area contributed by atoms with Crippen molar-refractivity contribution >= 4 is 11.8 Å². The van der Waals surface area contributed by atoms with E-state index in [4.69, 9.17) is 9.73 Å². The number of rotatable bonds is 5. The number of aromatic nitrogens is 1. The lowest BCUT2D eigenvalue weighted by molar-refractivity contribution is 0.0529. The maximum atomic E-state index is 5.62. The Balaban J connectivity index is 1.63. The molecule has 1 atom stereocenters. The van der Waals surface area contributed by atoms with E-state index in [0.29, 0.717) is 12.6 Å². The van der Waals surface area contributed by atoms with Gasteiger partial charge >= 0.3 is 0 Å². The van der Waals surface area contributed by atoms with Crippen LogP contribution in [0.1, 0.15) is 32.3 Å². The van der Waals surface area contributed by atoms with Crippen molar-refractivity contribution in [1.82, 2.24) is 15.6 Å². The van der Waals surface area contributed by atoms with E-state index in [9.17, 15) is 0 Å². The number of nitrogens with zero attached hydrogens (tertiary/aromatic N) is 3. The number of morpholine rings is 1. The zero-order valence-electron chi connectivity index (χ0n) is 15.2. The molecule has 0 spiro atoms. The van der Waals surface area contributed by atoms with Gasteiger partial charge in [-0.1, -0.05) is 12.2 Å². The molecule has 1 aromatic rings. The van der Waals surface area contributed by atoms with Crippen molar-refractivity contribution in [2.24, 2.45) is 4.99 Å². The summed E-state index contributed by atoms with van der Waals surface area (Å²) in [6.07, 6.45) is 8.71. The minimum absolute atomic E-state index is 0.252. The van der Waals surface area contributed by atoms with Crippen LogP contribution in [0.5, 0.6) is 0 Å². The minimum atomic E-state index is 0.252. The molecule has 136 valence electrons. The smallest absolute Gasteiger partial charge is 0.191 e. The zero-order chi connectivity index (χ0) is 17.5. The first-order valence-electron chi connectivity index (χ1n) is 9.26. The molecule has 1 aromatic heterocycles. The Hall–Kier alpha value is -2.08. The van der Waals surface area contributed by atoms with Gasteiger partial charge < -0.3 is 20.3 Å². The van der Waals surface area contributed by atoms with Crippen LogP contribution in [0.15, 0.2) is 35.5 Å². The van der Waals surface area contributed by atoms with Gasteiger partial charge in [0.25, 0.3) is 0 Å². The molecule has 3 rings (SSSR count). The molecular formula is C19H29N5O. The summed E-state index contributed by atoms with van der Waals surface area (Å²) in [4.78, 5) is 11.6. The highest BCUT2D eigenvalue weighted by atomic mass is 16.5. The molecule has 2 aliphatic rings. The summed E-state index contributed by atoms with van der Waals surface area (Å²) in [5, 5.41) is 6.84. The molecule has 1 unspecified atom stereocenters. The summed E-state index contributed by atoms with van der Waals surface area (Å²) in [6, 6.07) is 4.64. The fourth-order valence-corrected chi connectivity index (χ4v) is 3.18. The SMILES string of the molecule is CCNC(=NCc1ccnc(N2CCOC(C)C2)c1)NC1CC=CC1. The second kappa shape index (κ2) is 8.85. The molecule has 0 amide bonds. The van der Waals surface area contributed by atoms with E-state index in [1.165, 1.54) is 5.56 Å². The molecule has 0 saturated carbocycles. The molecule has 0 radical (unpaired) electrons. The van der Waals surface area contributed by atoms with Gasteiger partial charge in [-0.05, 0) is 44.4 Å². The third-order valence-electron chi connectivity index (χ3n) is 4.49. The fraction of sp³-hybridized carbons (Fsp3) is 0.579. The molecule has 2 heterocycles. The van der Waals surface area contributed by atoms with Crippen molar-refractivity contribution in [3.63, 3.8) is 0 Å². The number of guanidine groups is 1. The summed E-state index contributed by atoms with van der Waals surface area (Å²) in [5.74, 6) is 1.90. The molecule has 1 saturated heterocycles. The summed E-state index contributed by atoms with van der Waals surface area (Å²) in [6.45, 7) is 8.24. The van der Waals surface area contributed by atoms with Crippen LogP contribution in [-0.4, -0.2) is 49.3 Å². The molecular weight excluding hydrogens is 314 g/mol. The number of aliphatic imine (C=N–C) groups is 1. The Bertz CT molecular complexity index is 608. The number of pyridine rings is 1. The van der Waals surface area contributed by atoms with Crippen molar-refractivity contribution in [1.29, 1.82) is 0 Å². The van der Waals surface area contributed by atoms with E-state index in [1.54, 1.807) is 0 Å². The van der Waals surface area contributed by atoms with Gasteiger partial charge in [0.05, 0.1) is 19.3 Å². The van der Waals surface area contributed by atoms with Crippen molar-refractivity contribution in [2.75, 3.05) is 31.1 Å². The summed E-state index contributed by atoms with van der Waals surface area (Å²) in [5.41, 5.74) is 1.17. The molecule has 6 heteroatoms. The zero-order valence-corrected chi connectivity index (χ0v) is 15.2. The van der Waals surface area contributed by atoms with Gasteiger partial charge in [0.1, 0.15) is 5.82 Å². The van der Waals surface area contributed by atoms with Crippen molar-refractivity contribution < 1.29 is 4.74 Å². The normalized spacial score (nSPS) is 21.6. The molecule has 0 bridgehead atoms. The van der Waals surface area contributed by atoms with Gasteiger partial charge in [0, 0.05) is 31.9 Å². The Morgan fingerprint density at radius 3 is 3.00 bits per heavy atom. The van der Waals surface area contributed by atoms with Crippen LogP contribution < -0.4 is 15.5 Å². The standard InChI is InChI=1S/C19H29N5O/c1-3-20-19(23-17-6-4-5-7-17)22-13-16-8-9-21-18(12-16)24-10-11-25-15(2)14-24/h4-5,8-9,12,15,17H,3,6-7,10-11,13-14H2,1-2H3,(H2,20,22,23). The number of ether oxygens (including phenoxy) is 1. The van der Waals surface area contributed by atoms with Crippen molar-refractivity contribution in [3.05, 3.63) is 36.0 Å². The number of anilines is 1. The van der Waals surface area contributed by atoms with Crippen LogP contribution in [0.4, 0.5) is 5.82 Å². The monoisotopic (exact) mass is 343 g/mol. The predicted octanol–water partition coefficient (Wildman–Crippen LogP) is 2.08. The summed E-state index contributed by atoms with van der Waals surface area (Å²) < 4.78 is 5.62. The van der Waals surface area contributed by atoms with Gasteiger partial charge in [-0.2, -0.15) is 0 Å². The summed E-state index contributed by atoms with van der Waals surface area (Å²) >= 11 is 0. The molecule has 0 aromatic carbocycles. The maximum absolute atomic E-state index is 5.62. The average Bonchev–Trinajstić information content (AvgIpc) is 3.13. The van der Waals surface area contributed by atoms with Gasteiger partial charge in [-0.25, -0.2) is 9.98 Å². The number of hydrogen-bond acceptors (Lipinski definition) is 4. The van der Waals surface area contributed by atoms with E-state index in [2.05, 4.69) is 52.6 Å².